The molecule has 7 heteroatoms. The molecule has 0 radical (unpaired) electrons. The van der Waals surface area contributed by atoms with Crippen molar-refractivity contribution in [3.63, 3.8) is 0 Å². The van der Waals surface area contributed by atoms with Gasteiger partial charge in [0.1, 0.15) is 29.5 Å². The van der Waals surface area contributed by atoms with Crippen molar-refractivity contribution in [3.8, 4) is 17.2 Å². The average molecular weight is 438 g/mol. The van der Waals surface area contributed by atoms with Crippen molar-refractivity contribution in [2.45, 2.75) is 18.6 Å². The summed E-state index contributed by atoms with van der Waals surface area (Å²) in [6.07, 6.45) is 1.90. The summed E-state index contributed by atoms with van der Waals surface area (Å²) in [5.41, 5.74) is 2.58. The second kappa shape index (κ2) is 8.09. The minimum Gasteiger partial charge on any atom is -0.487 e. The zero-order chi connectivity index (χ0) is 22.2. The average Bonchev–Trinajstić information content (AvgIpc) is 3.29. The highest BCUT2D eigenvalue weighted by atomic mass is 16.5. The van der Waals surface area contributed by atoms with E-state index in [1.807, 2.05) is 94.6 Å². The van der Waals surface area contributed by atoms with Crippen LogP contribution in [0.5, 0.6) is 17.2 Å². The molecular weight excluding hydrogens is 416 g/mol. The van der Waals surface area contributed by atoms with Crippen LogP contribution in [0.25, 0.3) is 0 Å². The largest absolute Gasteiger partial charge is 0.487 e. The lowest BCUT2D eigenvalue weighted by atomic mass is 9.86. The molecular formula is C26H22N4O3. The first-order valence-electron chi connectivity index (χ1n) is 11.0. The minimum absolute atomic E-state index is 0.0854. The molecule has 0 bridgehead atoms. The molecule has 2 aliphatic heterocycles. The van der Waals surface area contributed by atoms with Crippen LogP contribution in [0, 0.1) is 0 Å². The molecule has 0 aliphatic carbocycles. The first-order valence-corrected chi connectivity index (χ1v) is 11.0. The SMILES string of the molecule is O=C(C1c2ccccc2Oc2ccccc21)N1CC(n2cc(COc3ccccc3)nn2)C1. The van der Waals surface area contributed by atoms with E-state index in [2.05, 4.69) is 10.3 Å². The Morgan fingerprint density at radius 1 is 0.909 bits per heavy atom. The molecule has 1 amide bonds. The molecule has 6 rings (SSSR count). The van der Waals surface area contributed by atoms with Crippen LogP contribution < -0.4 is 9.47 Å². The topological polar surface area (TPSA) is 69.5 Å². The fourth-order valence-corrected chi connectivity index (χ4v) is 4.39. The third-order valence-electron chi connectivity index (χ3n) is 6.16. The van der Waals surface area contributed by atoms with Gasteiger partial charge in [0.15, 0.2) is 0 Å². The third-order valence-corrected chi connectivity index (χ3v) is 6.16. The Morgan fingerprint density at radius 2 is 1.55 bits per heavy atom. The van der Waals surface area contributed by atoms with Gasteiger partial charge >= 0.3 is 0 Å². The molecule has 1 fully saturated rings. The van der Waals surface area contributed by atoms with Crippen LogP contribution in [0.3, 0.4) is 0 Å². The molecule has 1 aromatic heterocycles. The Labute approximate surface area is 191 Å². The Hall–Kier alpha value is -4.13. The summed E-state index contributed by atoms with van der Waals surface area (Å²) in [4.78, 5) is 15.4. The van der Waals surface area contributed by atoms with E-state index >= 15 is 0 Å². The number of amides is 1. The maximum Gasteiger partial charge on any atom is 0.235 e. The molecule has 7 nitrogen and oxygen atoms in total. The number of carbonyl (C=O) groups is 1. The van der Waals surface area contributed by atoms with Crippen molar-refractivity contribution >= 4 is 5.91 Å². The zero-order valence-electron chi connectivity index (χ0n) is 17.9. The predicted molar refractivity (Wildman–Crippen MR) is 121 cm³/mol. The van der Waals surface area contributed by atoms with Crippen molar-refractivity contribution in [2.24, 2.45) is 0 Å². The molecule has 3 heterocycles. The number of rotatable bonds is 5. The van der Waals surface area contributed by atoms with E-state index in [9.17, 15) is 4.79 Å². The summed E-state index contributed by atoms with van der Waals surface area (Å²) in [6.45, 7) is 1.56. The van der Waals surface area contributed by atoms with Crippen LogP contribution in [0.2, 0.25) is 0 Å². The van der Waals surface area contributed by atoms with Gasteiger partial charge in [-0.2, -0.15) is 0 Å². The number of hydrogen-bond acceptors (Lipinski definition) is 5. The van der Waals surface area contributed by atoms with Crippen LogP contribution in [-0.4, -0.2) is 38.9 Å². The molecule has 0 N–H and O–H groups in total. The number of hydrogen-bond donors (Lipinski definition) is 0. The summed E-state index contributed by atoms with van der Waals surface area (Å²) in [7, 11) is 0. The number of para-hydroxylation sites is 3. The highest BCUT2D eigenvalue weighted by Gasteiger charge is 2.40. The number of ether oxygens (including phenoxy) is 2. The van der Waals surface area contributed by atoms with Gasteiger partial charge in [0, 0.05) is 24.2 Å². The molecule has 4 aromatic rings. The van der Waals surface area contributed by atoms with E-state index in [1.54, 1.807) is 0 Å². The van der Waals surface area contributed by atoms with E-state index < -0.39 is 0 Å². The summed E-state index contributed by atoms with van der Waals surface area (Å²) < 4.78 is 13.6. The molecule has 3 aromatic carbocycles. The van der Waals surface area contributed by atoms with Crippen molar-refractivity contribution in [1.29, 1.82) is 0 Å². The van der Waals surface area contributed by atoms with Crippen molar-refractivity contribution in [2.75, 3.05) is 13.1 Å². The first kappa shape index (κ1) is 19.5. The smallest absolute Gasteiger partial charge is 0.235 e. The van der Waals surface area contributed by atoms with Gasteiger partial charge in [-0.05, 0) is 24.3 Å². The van der Waals surface area contributed by atoms with Gasteiger partial charge in [-0.25, -0.2) is 4.68 Å². The third kappa shape index (κ3) is 3.61. The number of fused-ring (bicyclic) bond motifs is 2. The molecule has 0 spiro atoms. The highest BCUT2D eigenvalue weighted by molar-refractivity contribution is 5.90. The Kier molecular flexibility index (Phi) is 4.79. The number of carbonyl (C=O) groups excluding carboxylic acids is 1. The van der Waals surface area contributed by atoms with Gasteiger partial charge < -0.3 is 14.4 Å². The fourth-order valence-electron chi connectivity index (χ4n) is 4.39. The second-order valence-corrected chi connectivity index (χ2v) is 8.30. The highest BCUT2D eigenvalue weighted by Crippen LogP contribution is 2.45. The molecule has 0 atom stereocenters. The minimum atomic E-state index is -0.363. The Bertz CT molecular complexity index is 1250. The maximum atomic E-state index is 13.6. The monoisotopic (exact) mass is 438 g/mol. The lowest BCUT2D eigenvalue weighted by molar-refractivity contribution is -0.138. The number of aromatic nitrogens is 3. The molecule has 1 saturated heterocycles. The van der Waals surface area contributed by atoms with Crippen LogP contribution in [0.1, 0.15) is 28.8 Å². The fraction of sp³-hybridized carbons (Fsp3) is 0.192. The predicted octanol–water partition coefficient (Wildman–Crippen LogP) is 4.18. The van der Waals surface area contributed by atoms with Crippen LogP contribution in [-0.2, 0) is 11.4 Å². The van der Waals surface area contributed by atoms with E-state index in [4.69, 9.17) is 9.47 Å². The van der Waals surface area contributed by atoms with E-state index in [0.717, 1.165) is 34.1 Å². The number of benzene rings is 3. The quantitative estimate of drug-likeness (QED) is 0.468. The lowest BCUT2D eigenvalue weighted by Crippen LogP contribution is -2.52. The van der Waals surface area contributed by atoms with Crippen molar-refractivity contribution in [1.82, 2.24) is 19.9 Å². The van der Waals surface area contributed by atoms with Gasteiger partial charge in [0.2, 0.25) is 5.91 Å². The number of nitrogens with zero attached hydrogens (tertiary/aromatic N) is 4. The number of likely N-dealkylation sites (tertiary alicyclic amines) is 1. The molecule has 0 saturated carbocycles. The van der Waals surface area contributed by atoms with E-state index in [1.165, 1.54) is 0 Å². The summed E-state index contributed by atoms with van der Waals surface area (Å²) >= 11 is 0. The molecule has 0 unspecified atom stereocenters. The van der Waals surface area contributed by atoms with E-state index in [0.29, 0.717) is 19.7 Å². The van der Waals surface area contributed by atoms with Gasteiger partial charge in [-0.3, -0.25) is 4.79 Å². The van der Waals surface area contributed by atoms with Gasteiger partial charge in [-0.15, -0.1) is 5.10 Å². The molecule has 164 valence electrons. The lowest BCUT2D eigenvalue weighted by Gasteiger charge is -2.41. The van der Waals surface area contributed by atoms with Gasteiger partial charge in [-0.1, -0.05) is 59.8 Å². The Balaban J connectivity index is 1.14. The summed E-state index contributed by atoms with van der Waals surface area (Å²) in [5, 5.41) is 8.48. The van der Waals surface area contributed by atoms with E-state index in [-0.39, 0.29) is 17.9 Å². The molecule has 33 heavy (non-hydrogen) atoms. The van der Waals surface area contributed by atoms with Crippen molar-refractivity contribution < 1.29 is 14.3 Å². The van der Waals surface area contributed by atoms with Gasteiger partial charge in [0.25, 0.3) is 0 Å². The molecule has 2 aliphatic rings. The second-order valence-electron chi connectivity index (χ2n) is 8.30. The first-order chi connectivity index (χ1) is 16.3. The zero-order valence-corrected chi connectivity index (χ0v) is 17.9. The normalized spacial score (nSPS) is 15.2. The van der Waals surface area contributed by atoms with Crippen LogP contribution in [0.4, 0.5) is 0 Å². The summed E-state index contributed by atoms with van der Waals surface area (Å²) in [5.74, 6) is 2.00. The standard InChI is InChI=1S/C26H22N4O3/c31-26(25-21-10-4-6-12-23(21)33-24-13-7-5-11-22(24)25)29-15-19(16-29)30-14-18(27-28-30)17-32-20-8-2-1-3-9-20/h1-14,19,25H,15-17H2. The van der Waals surface area contributed by atoms with Crippen LogP contribution in [0.15, 0.2) is 85.1 Å². The van der Waals surface area contributed by atoms with Crippen LogP contribution >= 0.6 is 0 Å². The summed E-state index contributed by atoms with van der Waals surface area (Å²) in [6, 6.07) is 25.3. The maximum absolute atomic E-state index is 13.6. The van der Waals surface area contributed by atoms with Crippen molar-refractivity contribution in [3.05, 3.63) is 102 Å². The Morgan fingerprint density at radius 3 is 2.24 bits per heavy atom. The van der Waals surface area contributed by atoms with Gasteiger partial charge in [0.05, 0.1) is 18.2 Å².